The first kappa shape index (κ1) is 19.6. The number of benzene rings is 2. The Labute approximate surface area is 168 Å². The molecule has 0 aliphatic carbocycles. The Kier molecular flexibility index (Phi) is 6.34. The number of halogens is 2. The van der Waals surface area contributed by atoms with E-state index in [9.17, 15) is 4.79 Å². The number of methoxy groups -OCH3 is 2. The third-order valence-electron chi connectivity index (χ3n) is 4.61. The molecule has 1 aliphatic heterocycles. The minimum Gasteiger partial charge on any atom is -0.497 e. The summed E-state index contributed by atoms with van der Waals surface area (Å²) in [5.74, 6) is 1.80. The Hall–Kier alpha value is -2.11. The number of ether oxygens (including phenoxy) is 3. The zero-order chi connectivity index (χ0) is 19.4. The average molecular weight is 410 g/mol. The lowest BCUT2D eigenvalue weighted by Gasteiger charge is -2.26. The van der Waals surface area contributed by atoms with Gasteiger partial charge in [-0.25, -0.2) is 0 Å². The Balaban J connectivity index is 1.75. The Morgan fingerprint density at radius 2 is 1.89 bits per heavy atom. The summed E-state index contributed by atoms with van der Waals surface area (Å²) in [4.78, 5) is 14.6. The fourth-order valence-electron chi connectivity index (χ4n) is 3.30. The molecule has 0 unspecified atom stereocenters. The largest absolute Gasteiger partial charge is 0.497 e. The Morgan fingerprint density at radius 3 is 2.59 bits per heavy atom. The number of hydrogen-bond acceptors (Lipinski definition) is 4. The molecule has 144 valence electrons. The first-order valence-electron chi connectivity index (χ1n) is 8.62. The molecule has 0 aromatic heterocycles. The van der Waals surface area contributed by atoms with Gasteiger partial charge in [-0.3, -0.25) is 4.79 Å². The summed E-state index contributed by atoms with van der Waals surface area (Å²) in [6.45, 7) is 0.575. The van der Waals surface area contributed by atoms with Crippen molar-refractivity contribution in [3.05, 3.63) is 52.0 Å². The van der Waals surface area contributed by atoms with Crippen LogP contribution in [0.15, 0.2) is 36.4 Å². The average Bonchev–Trinajstić information content (AvgIpc) is 3.16. The summed E-state index contributed by atoms with van der Waals surface area (Å²) in [6.07, 6.45) is 1.77. The van der Waals surface area contributed by atoms with Crippen LogP contribution in [0.5, 0.6) is 17.2 Å². The van der Waals surface area contributed by atoms with Crippen molar-refractivity contribution in [1.82, 2.24) is 4.90 Å². The molecule has 0 radical (unpaired) electrons. The van der Waals surface area contributed by atoms with Crippen molar-refractivity contribution in [2.45, 2.75) is 18.9 Å². The maximum absolute atomic E-state index is 12.8. The van der Waals surface area contributed by atoms with Gasteiger partial charge in [0.2, 0.25) is 0 Å². The molecule has 0 bridgehead atoms. The van der Waals surface area contributed by atoms with Crippen LogP contribution in [0.3, 0.4) is 0 Å². The lowest BCUT2D eigenvalue weighted by atomic mass is 10.0. The Bertz CT molecular complexity index is 828. The SMILES string of the molecule is COc1ccc(OC)c([C@H]2CCCN2C(=O)COc2ccc(Cl)cc2Cl)c1. The van der Waals surface area contributed by atoms with Gasteiger partial charge in [-0.05, 0) is 49.2 Å². The van der Waals surface area contributed by atoms with E-state index in [-0.39, 0.29) is 18.6 Å². The summed E-state index contributed by atoms with van der Waals surface area (Å²) in [5, 5.41) is 0.895. The van der Waals surface area contributed by atoms with Crippen LogP contribution in [0.1, 0.15) is 24.4 Å². The van der Waals surface area contributed by atoms with E-state index in [4.69, 9.17) is 37.4 Å². The Morgan fingerprint density at radius 1 is 1.11 bits per heavy atom. The molecular formula is C20H21Cl2NO4. The second-order valence-corrected chi connectivity index (χ2v) is 7.06. The van der Waals surface area contributed by atoms with Crippen LogP contribution in [-0.4, -0.2) is 38.2 Å². The van der Waals surface area contributed by atoms with Crippen LogP contribution in [0.4, 0.5) is 0 Å². The highest BCUT2D eigenvalue weighted by molar-refractivity contribution is 6.35. The molecule has 1 aliphatic rings. The van der Waals surface area contributed by atoms with Gasteiger partial charge in [-0.15, -0.1) is 0 Å². The predicted molar refractivity (Wildman–Crippen MR) is 105 cm³/mol. The molecule has 0 spiro atoms. The molecule has 0 N–H and O–H groups in total. The number of nitrogens with zero attached hydrogens (tertiary/aromatic N) is 1. The molecule has 0 saturated carbocycles. The molecule has 1 fully saturated rings. The number of rotatable bonds is 6. The molecule has 1 heterocycles. The van der Waals surface area contributed by atoms with Gasteiger partial charge in [0.05, 0.1) is 25.3 Å². The van der Waals surface area contributed by atoms with E-state index in [0.717, 1.165) is 29.9 Å². The first-order chi connectivity index (χ1) is 13.0. The van der Waals surface area contributed by atoms with Crippen molar-refractivity contribution >= 4 is 29.1 Å². The zero-order valence-corrected chi connectivity index (χ0v) is 16.7. The highest BCUT2D eigenvalue weighted by Gasteiger charge is 2.32. The van der Waals surface area contributed by atoms with Gasteiger partial charge in [0, 0.05) is 17.1 Å². The molecule has 1 amide bonds. The van der Waals surface area contributed by atoms with Crippen LogP contribution in [0.25, 0.3) is 0 Å². The van der Waals surface area contributed by atoms with E-state index in [0.29, 0.717) is 22.3 Å². The summed E-state index contributed by atoms with van der Waals surface area (Å²) >= 11 is 12.0. The highest BCUT2D eigenvalue weighted by Crippen LogP contribution is 2.39. The quantitative estimate of drug-likeness (QED) is 0.690. The van der Waals surface area contributed by atoms with Crippen molar-refractivity contribution in [3.8, 4) is 17.2 Å². The lowest BCUT2D eigenvalue weighted by Crippen LogP contribution is -2.34. The number of amides is 1. The van der Waals surface area contributed by atoms with Gasteiger partial charge in [0.15, 0.2) is 6.61 Å². The van der Waals surface area contributed by atoms with E-state index in [1.165, 1.54) is 0 Å². The summed E-state index contributed by atoms with van der Waals surface area (Å²) in [7, 11) is 3.24. The fourth-order valence-corrected chi connectivity index (χ4v) is 3.77. The second kappa shape index (κ2) is 8.72. The van der Waals surface area contributed by atoms with Gasteiger partial charge < -0.3 is 19.1 Å². The normalized spacial score (nSPS) is 16.3. The maximum atomic E-state index is 12.8. The molecule has 2 aromatic rings. The van der Waals surface area contributed by atoms with Crippen molar-refractivity contribution in [3.63, 3.8) is 0 Å². The summed E-state index contributed by atoms with van der Waals surface area (Å²) in [5.41, 5.74) is 0.937. The van der Waals surface area contributed by atoms with E-state index in [2.05, 4.69) is 0 Å². The molecule has 5 nitrogen and oxygen atoms in total. The summed E-state index contributed by atoms with van der Waals surface area (Å²) in [6, 6.07) is 10.5. The van der Waals surface area contributed by atoms with Gasteiger partial charge >= 0.3 is 0 Å². The van der Waals surface area contributed by atoms with Gasteiger partial charge in [-0.2, -0.15) is 0 Å². The first-order valence-corrected chi connectivity index (χ1v) is 9.38. The topological polar surface area (TPSA) is 48.0 Å². The van der Waals surface area contributed by atoms with Gasteiger partial charge in [0.1, 0.15) is 17.2 Å². The van der Waals surface area contributed by atoms with Crippen molar-refractivity contribution in [2.24, 2.45) is 0 Å². The monoisotopic (exact) mass is 409 g/mol. The van der Waals surface area contributed by atoms with E-state index in [1.54, 1.807) is 32.4 Å². The minimum atomic E-state index is -0.103. The molecule has 1 atom stereocenters. The van der Waals surface area contributed by atoms with Crippen LogP contribution < -0.4 is 14.2 Å². The fraction of sp³-hybridized carbons (Fsp3) is 0.350. The zero-order valence-electron chi connectivity index (χ0n) is 15.2. The van der Waals surface area contributed by atoms with Crippen LogP contribution >= 0.6 is 23.2 Å². The molecule has 3 rings (SSSR count). The summed E-state index contributed by atoms with van der Waals surface area (Å²) < 4.78 is 16.4. The molecule has 27 heavy (non-hydrogen) atoms. The van der Waals surface area contributed by atoms with Crippen LogP contribution in [0.2, 0.25) is 10.0 Å². The third kappa shape index (κ3) is 4.42. The molecular weight excluding hydrogens is 389 g/mol. The minimum absolute atomic E-state index is 0.0770. The van der Waals surface area contributed by atoms with Crippen LogP contribution in [0, 0.1) is 0 Å². The molecule has 1 saturated heterocycles. The standard InChI is InChI=1S/C20H21Cl2NO4/c1-25-14-6-8-18(26-2)15(11-14)17-4-3-9-23(17)20(24)12-27-19-7-5-13(21)10-16(19)22/h5-8,10-11,17H,3-4,9,12H2,1-2H3/t17-/m1/s1. The highest BCUT2D eigenvalue weighted by atomic mass is 35.5. The van der Waals surface area contributed by atoms with Gasteiger partial charge in [-0.1, -0.05) is 23.2 Å². The van der Waals surface area contributed by atoms with Crippen LogP contribution in [-0.2, 0) is 4.79 Å². The van der Waals surface area contributed by atoms with Crippen molar-refractivity contribution in [1.29, 1.82) is 0 Å². The predicted octanol–water partition coefficient (Wildman–Crippen LogP) is 4.75. The van der Waals surface area contributed by atoms with Gasteiger partial charge in [0.25, 0.3) is 5.91 Å². The maximum Gasteiger partial charge on any atom is 0.261 e. The second-order valence-electron chi connectivity index (χ2n) is 6.22. The molecule has 2 aromatic carbocycles. The number of hydrogen-bond donors (Lipinski definition) is 0. The third-order valence-corrected chi connectivity index (χ3v) is 5.14. The van der Waals surface area contributed by atoms with E-state index >= 15 is 0 Å². The van der Waals surface area contributed by atoms with Crippen molar-refractivity contribution < 1.29 is 19.0 Å². The molecule has 7 heteroatoms. The number of carbonyl (C=O) groups is 1. The van der Waals surface area contributed by atoms with E-state index in [1.807, 2.05) is 23.1 Å². The number of carbonyl (C=O) groups excluding carboxylic acids is 1. The smallest absolute Gasteiger partial charge is 0.261 e. The van der Waals surface area contributed by atoms with Crippen molar-refractivity contribution in [2.75, 3.05) is 27.4 Å². The number of likely N-dealkylation sites (tertiary alicyclic amines) is 1. The lowest BCUT2D eigenvalue weighted by molar-refractivity contribution is -0.134. The van der Waals surface area contributed by atoms with E-state index < -0.39 is 0 Å².